The van der Waals surface area contributed by atoms with Gasteiger partial charge in [0.1, 0.15) is 17.9 Å². The number of hydrogen-bond donors (Lipinski definition) is 1. The van der Waals surface area contributed by atoms with Gasteiger partial charge in [0.25, 0.3) is 0 Å². The molecule has 0 aliphatic carbocycles. The number of carbonyl (C=O) groups is 1. The van der Waals surface area contributed by atoms with Gasteiger partial charge in [0.15, 0.2) is 0 Å². The largest absolute Gasteiger partial charge is 0.487 e. The molecule has 2 aromatic rings. The van der Waals surface area contributed by atoms with Crippen molar-refractivity contribution in [1.82, 2.24) is 5.32 Å². The topological polar surface area (TPSA) is 75.7 Å². The van der Waals surface area contributed by atoms with E-state index in [9.17, 15) is 13.2 Å². The molecule has 0 fully saturated rings. The zero-order valence-corrected chi connectivity index (χ0v) is 18.1. The van der Waals surface area contributed by atoms with Gasteiger partial charge in [-0.05, 0) is 38.0 Å². The van der Waals surface area contributed by atoms with E-state index >= 15 is 0 Å². The second-order valence-corrected chi connectivity index (χ2v) is 9.88. The summed E-state index contributed by atoms with van der Waals surface area (Å²) in [4.78, 5) is 12.9. The number of fused-ring (bicyclic) bond motifs is 1. The lowest BCUT2D eigenvalue weighted by molar-refractivity contribution is -0.120. The van der Waals surface area contributed by atoms with Gasteiger partial charge < -0.3 is 10.1 Å². The van der Waals surface area contributed by atoms with E-state index in [4.69, 9.17) is 4.74 Å². The first-order chi connectivity index (χ1) is 13.6. The smallest absolute Gasteiger partial charge is 0.241 e. The first-order valence-corrected chi connectivity index (χ1v) is 11.6. The molecule has 0 radical (unpaired) electrons. The van der Waals surface area contributed by atoms with Gasteiger partial charge in [0.05, 0.1) is 18.0 Å². The molecular weight excluding hydrogens is 388 g/mol. The predicted molar refractivity (Wildman–Crippen MR) is 115 cm³/mol. The molecule has 29 heavy (non-hydrogen) atoms. The van der Waals surface area contributed by atoms with Crippen molar-refractivity contribution in [2.45, 2.75) is 45.3 Å². The Morgan fingerprint density at radius 1 is 1.17 bits per heavy atom. The van der Waals surface area contributed by atoms with Crippen molar-refractivity contribution in [2.75, 3.05) is 17.1 Å². The average Bonchev–Trinajstić information content (AvgIpc) is 2.64. The fourth-order valence-corrected chi connectivity index (χ4v) is 4.62. The Bertz CT molecular complexity index is 1000. The molecule has 0 aromatic heterocycles. The van der Waals surface area contributed by atoms with Crippen LogP contribution in [-0.2, 0) is 21.2 Å². The highest BCUT2D eigenvalue weighted by Gasteiger charge is 2.35. The summed E-state index contributed by atoms with van der Waals surface area (Å²) in [6.07, 6.45) is 2.39. The minimum absolute atomic E-state index is 0.245. The number of amides is 1. The number of rotatable bonds is 6. The molecular formula is C22H28N2O4S. The second kappa shape index (κ2) is 8.06. The standard InChI is InChI=1S/C22H28N2O4S/c1-5-16-10-6-8-12-19(16)24(29(4,26)27)15-21(25)23-18-14-22(2,3)28-20-13-9-7-11-17(18)20/h6-13,18H,5,14-15H2,1-4H3,(H,23,25)/t18-/m0/s1. The lowest BCUT2D eigenvalue weighted by Gasteiger charge is -2.38. The molecule has 1 atom stereocenters. The SMILES string of the molecule is CCc1ccccc1N(CC(=O)N[C@H]1CC(C)(C)Oc2ccccc21)S(C)(=O)=O. The Hall–Kier alpha value is -2.54. The van der Waals surface area contributed by atoms with Crippen molar-refractivity contribution in [1.29, 1.82) is 0 Å². The van der Waals surface area contributed by atoms with Crippen LogP contribution in [-0.4, -0.2) is 32.7 Å². The van der Waals surface area contributed by atoms with E-state index in [0.29, 0.717) is 18.5 Å². The van der Waals surface area contributed by atoms with Crippen LogP contribution >= 0.6 is 0 Å². The Morgan fingerprint density at radius 2 is 1.83 bits per heavy atom. The molecule has 156 valence electrons. The molecule has 1 heterocycles. The number of nitrogens with zero attached hydrogens (tertiary/aromatic N) is 1. The first kappa shape index (κ1) is 21.2. The van der Waals surface area contributed by atoms with E-state index in [-0.39, 0.29) is 18.5 Å². The minimum Gasteiger partial charge on any atom is -0.487 e. The minimum atomic E-state index is -3.62. The summed E-state index contributed by atoms with van der Waals surface area (Å²) in [6, 6.07) is 14.6. The van der Waals surface area contributed by atoms with Gasteiger partial charge in [0.2, 0.25) is 15.9 Å². The molecule has 0 unspecified atom stereocenters. The maximum atomic E-state index is 12.9. The normalized spacial score (nSPS) is 17.7. The van der Waals surface area contributed by atoms with E-state index in [0.717, 1.165) is 23.1 Å². The number of hydrogen-bond acceptors (Lipinski definition) is 4. The zero-order valence-electron chi connectivity index (χ0n) is 17.3. The first-order valence-electron chi connectivity index (χ1n) is 9.73. The number of anilines is 1. The maximum Gasteiger partial charge on any atom is 0.241 e. The number of nitrogens with one attached hydrogen (secondary N) is 1. The Labute approximate surface area is 172 Å². The third-order valence-corrected chi connectivity index (χ3v) is 6.17. The third kappa shape index (κ3) is 4.90. The van der Waals surface area contributed by atoms with Crippen molar-refractivity contribution < 1.29 is 17.9 Å². The number of ether oxygens (including phenoxy) is 1. The van der Waals surface area contributed by atoms with Crippen LogP contribution in [0.2, 0.25) is 0 Å². The molecule has 0 bridgehead atoms. The molecule has 1 amide bonds. The summed E-state index contributed by atoms with van der Waals surface area (Å²) in [5.41, 5.74) is 1.89. The molecule has 0 saturated carbocycles. The third-order valence-electron chi connectivity index (χ3n) is 5.04. The van der Waals surface area contributed by atoms with Crippen LogP contribution in [0, 0.1) is 0 Å². The van der Waals surface area contributed by atoms with Crippen LogP contribution in [0.5, 0.6) is 5.75 Å². The van der Waals surface area contributed by atoms with Gasteiger partial charge in [0, 0.05) is 12.0 Å². The maximum absolute atomic E-state index is 12.9. The molecule has 0 saturated heterocycles. The van der Waals surface area contributed by atoms with Crippen LogP contribution in [0.1, 0.15) is 44.4 Å². The van der Waals surface area contributed by atoms with E-state index < -0.39 is 15.6 Å². The predicted octanol–water partition coefficient (Wildman–Crippen LogP) is 3.43. The Balaban J connectivity index is 1.85. The van der Waals surface area contributed by atoms with Gasteiger partial charge in [-0.1, -0.05) is 43.3 Å². The molecule has 1 N–H and O–H groups in total. The van der Waals surface area contributed by atoms with Crippen LogP contribution < -0.4 is 14.4 Å². The van der Waals surface area contributed by atoms with Crippen molar-refractivity contribution in [3.05, 3.63) is 59.7 Å². The number of aryl methyl sites for hydroxylation is 1. The fraction of sp³-hybridized carbons (Fsp3) is 0.409. The monoisotopic (exact) mass is 416 g/mol. The van der Waals surface area contributed by atoms with Gasteiger partial charge in [-0.15, -0.1) is 0 Å². The summed E-state index contributed by atoms with van der Waals surface area (Å²) in [7, 11) is -3.62. The molecule has 2 aromatic carbocycles. The average molecular weight is 417 g/mol. The summed E-state index contributed by atoms with van der Waals surface area (Å²) >= 11 is 0. The quantitative estimate of drug-likeness (QED) is 0.783. The van der Waals surface area contributed by atoms with E-state index in [1.807, 2.05) is 57.2 Å². The zero-order chi connectivity index (χ0) is 21.2. The molecule has 6 nitrogen and oxygen atoms in total. The fourth-order valence-electron chi connectivity index (χ4n) is 3.74. The van der Waals surface area contributed by atoms with Gasteiger partial charge in [-0.25, -0.2) is 8.42 Å². The number of benzene rings is 2. The molecule has 7 heteroatoms. The molecule has 0 spiro atoms. The Morgan fingerprint density at radius 3 is 2.52 bits per heavy atom. The van der Waals surface area contributed by atoms with Crippen LogP contribution in [0.15, 0.2) is 48.5 Å². The van der Waals surface area contributed by atoms with E-state index in [1.54, 1.807) is 12.1 Å². The summed E-state index contributed by atoms with van der Waals surface area (Å²) < 4.78 is 32.1. The van der Waals surface area contributed by atoms with Crippen LogP contribution in [0.25, 0.3) is 0 Å². The van der Waals surface area contributed by atoms with Crippen LogP contribution in [0.3, 0.4) is 0 Å². The summed E-state index contributed by atoms with van der Waals surface area (Å²) in [5.74, 6) is 0.393. The van der Waals surface area contributed by atoms with Crippen molar-refractivity contribution in [3.8, 4) is 5.75 Å². The highest BCUT2D eigenvalue weighted by Crippen LogP contribution is 2.39. The highest BCUT2D eigenvalue weighted by atomic mass is 32.2. The van der Waals surface area contributed by atoms with Gasteiger partial charge >= 0.3 is 0 Å². The lowest BCUT2D eigenvalue weighted by Crippen LogP contribution is -2.45. The number of carbonyl (C=O) groups excluding carboxylic acids is 1. The number of para-hydroxylation sites is 2. The van der Waals surface area contributed by atoms with Crippen molar-refractivity contribution >= 4 is 21.6 Å². The number of sulfonamides is 1. The highest BCUT2D eigenvalue weighted by molar-refractivity contribution is 7.92. The lowest BCUT2D eigenvalue weighted by atomic mass is 9.89. The molecule has 3 rings (SSSR count). The summed E-state index contributed by atoms with van der Waals surface area (Å²) in [5, 5.41) is 3.02. The van der Waals surface area contributed by atoms with Gasteiger partial charge in [-0.3, -0.25) is 9.10 Å². The molecule has 1 aliphatic rings. The Kier molecular flexibility index (Phi) is 5.89. The van der Waals surface area contributed by atoms with E-state index in [1.165, 1.54) is 4.31 Å². The van der Waals surface area contributed by atoms with Crippen LogP contribution in [0.4, 0.5) is 5.69 Å². The van der Waals surface area contributed by atoms with E-state index in [2.05, 4.69) is 5.32 Å². The molecule has 1 aliphatic heterocycles. The summed E-state index contributed by atoms with van der Waals surface area (Å²) in [6.45, 7) is 5.64. The second-order valence-electron chi connectivity index (χ2n) is 7.98. The van der Waals surface area contributed by atoms with Crippen molar-refractivity contribution in [2.24, 2.45) is 0 Å². The van der Waals surface area contributed by atoms with Gasteiger partial charge in [-0.2, -0.15) is 0 Å². The van der Waals surface area contributed by atoms with Crippen molar-refractivity contribution in [3.63, 3.8) is 0 Å².